The third-order valence-electron chi connectivity index (χ3n) is 5.43. The number of hydrogen-bond donors (Lipinski definition) is 1. The summed E-state index contributed by atoms with van der Waals surface area (Å²) < 4.78 is 84.1. The van der Waals surface area contributed by atoms with Crippen molar-refractivity contribution >= 4 is 17.3 Å². The van der Waals surface area contributed by atoms with Crippen LogP contribution in [0.1, 0.15) is 40.9 Å². The molecule has 1 atom stereocenters. The van der Waals surface area contributed by atoms with E-state index in [9.17, 15) is 36.0 Å². The van der Waals surface area contributed by atoms with E-state index >= 15 is 0 Å². The SMILES string of the molecule is CCc1cc(C(F)(C(C)(F)F)C(F)(F)F)cc(C)c1NC(=O)c1ccc(-n2cncn2)c(N=O)c1. The molecule has 0 aliphatic heterocycles. The van der Waals surface area contributed by atoms with E-state index in [4.69, 9.17) is 0 Å². The van der Waals surface area contributed by atoms with Crippen LogP contribution in [0, 0.1) is 11.8 Å². The van der Waals surface area contributed by atoms with Crippen molar-refractivity contribution in [3.8, 4) is 5.69 Å². The summed E-state index contributed by atoms with van der Waals surface area (Å²) in [5.74, 6) is -5.52. The monoisotopic (exact) mass is 499 g/mol. The Kier molecular flexibility index (Phi) is 6.73. The molecule has 186 valence electrons. The highest BCUT2D eigenvalue weighted by Gasteiger charge is 2.70. The first-order valence-electron chi connectivity index (χ1n) is 10.2. The van der Waals surface area contributed by atoms with Gasteiger partial charge >= 0.3 is 6.18 Å². The first kappa shape index (κ1) is 25.8. The molecule has 0 saturated carbocycles. The first-order chi connectivity index (χ1) is 16.2. The molecular formula is C22H19F6N5O2. The molecule has 1 N–H and O–H groups in total. The van der Waals surface area contributed by atoms with Crippen molar-refractivity contribution in [2.24, 2.45) is 5.18 Å². The third-order valence-corrected chi connectivity index (χ3v) is 5.43. The average molecular weight is 499 g/mol. The second kappa shape index (κ2) is 9.12. The van der Waals surface area contributed by atoms with Crippen molar-refractivity contribution in [1.29, 1.82) is 0 Å². The van der Waals surface area contributed by atoms with Gasteiger partial charge in [-0.1, -0.05) is 13.0 Å². The quantitative estimate of drug-likeness (QED) is 0.311. The summed E-state index contributed by atoms with van der Waals surface area (Å²) in [5, 5.41) is 9.25. The van der Waals surface area contributed by atoms with Gasteiger partial charge in [0.25, 0.3) is 17.5 Å². The van der Waals surface area contributed by atoms with Crippen LogP contribution in [0.5, 0.6) is 0 Å². The van der Waals surface area contributed by atoms with E-state index < -0.39 is 29.2 Å². The van der Waals surface area contributed by atoms with Crippen molar-refractivity contribution < 1.29 is 31.1 Å². The highest BCUT2D eigenvalue weighted by atomic mass is 19.4. The van der Waals surface area contributed by atoms with Gasteiger partial charge in [0.1, 0.15) is 18.3 Å². The van der Waals surface area contributed by atoms with E-state index in [2.05, 4.69) is 20.6 Å². The van der Waals surface area contributed by atoms with Crippen LogP contribution >= 0.6 is 0 Å². The zero-order valence-corrected chi connectivity index (χ0v) is 18.6. The maximum Gasteiger partial charge on any atom is 0.432 e. The number of rotatable bonds is 7. The molecular weight excluding hydrogens is 480 g/mol. The van der Waals surface area contributed by atoms with Gasteiger partial charge in [-0.2, -0.15) is 18.3 Å². The van der Waals surface area contributed by atoms with Crippen molar-refractivity contribution in [3.63, 3.8) is 0 Å². The summed E-state index contributed by atoms with van der Waals surface area (Å²) in [7, 11) is 0. The highest BCUT2D eigenvalue weighted by molar-refractivity contribution is 6.05. The van der Waals surface area contributed by atoms with E-state index in [0.29, 0.717) is 12.1 Å². The molecule has 3 aromatic rings. The number of alkyl halides is 6. The maximum absolute atomic E-state index is 14.9. The summed E-state index contributed by atoms with van der Waals surface area (Å²) in [6.45, 7) is 2.63. The summed E-state index contributed by atoms with van der Waals surface area (Å²) in [6.07, 6.45) is -3.35. The van der Waals surface area contributed by atoms with E-state index in [1.807, 2.05) is 0 Å². The molecule has 35 heavy (non-hydrogen) atoms. The smallest absolute Gasteiger partial charge is 0.321 e. The Hall–Kier alpha value is -3.77. The zero-order valence-electron chi connectivity index (χ0n) is 18.6. The van der Waals surface area contributed by atoms with Gasteiger partial charge in [0.05, 0.1) is 5.69 Å². The lowest BCUT2D eigenvalue weighted by atomic mass is 9.86. The first-order valence-corrected chi connectivity index (χ1v) is 10.2. The van der Waals surface area contributed by atoms with Gasteiger partial charge in [-0.25, -0.2) is 22.8 Å². The molecule has 0 radical (unpaired) electrons. The fourth-order valence-corrected chi connectivity index (χ4v) is 3.63. The Balaban J connectivity index is 2.01. The van der Waals surface area contributed by atoms with Crippen molar-refractivity contribution in [1.82, 2.24) is 14.8 Å². The molecule has 1 unspecified atom stereocenters. The number of halogens is 6. The lowest BCUT2D eigenvalue weighted by Gasteiger charge is -2.34. The number of nitrogens with zero attached hydrogens (tertiary/aromatic N) is 4. The van der Waals surface area contributed by atoms with Crippen LogP contribution in [0.15, 0.2) is 48.2 Å². The van der Waals surface area contributed by atoms with Crippen molar-refractivity contribution in [3.05, 3.63) is 70.1 Å². The van der Waals surface area contributed by atoms with Gasteiger partial charge in [0.2, 0.25) is 0 Å². The predicted octanol–water partition coefficient (Wildman–Crippen LogP) is 6.17. The Morgan fingerprint density at radius 3 is 2.31 bits per heavy atom. The van der Waals surface area contributed by atoms with Crippen molar-refractivity contribution in [2.45, 2.75) is 45.0 Å². The topological polar surface area (TPSA) is 89.2 Å². The Labute approximate surface area is 195 Å². The second-order valence-corrected chi connectivity index (χ2v) is 7.81. The number of aromatic nitrogens is 3. The number of carbonyl (C=O) groups excluding carboxylic acids is 1. The third kappa shape index (κ3) is 4.62. The van der Waals surface area contributed by atoms with Gasteiger partial charge < -0.3 is 5.32 Å². The lowest BCUT2D eigenvalue weighted by molar-refractivity contribution is -0.304. The summed E-state index contributed by atoms with van der Waals surface area (Å²) >= 11 is 0. The van der Waals surface area contributed by atoms with Gasteiger partial charge in [-0.3, -0.25) is 4.79 Å². The van der Waals surface area contributed by atoms with Crippen LogP contribution in [-0.4, -0.2) is 32.8 Å². The predicted molar refractivity (Wildman–Crippen MR) is 115 cm³/mol. The van der Waals surface area contributed by atoms with Crippen LogP contribution in [-0.2, 0) is 12.1 Å². The lowest BCUT2D eigenvalue weighted by Crippen LogP contribution is -2.51. The molecule has 2 aromatic carbocycles. The molecule has 1 amide bonds. The normalized spacial score (nSPS) is 13.9. The molecule has 13 heteroatoms. The molecule has 0 bridgehead atoms. The molecule has 7 nitrogen and oxygen atoms in total. The van der Waals surface area contributed by atoms with Crippen LogP contribution in [0.3, 0.4) is 0 Å². The Morgan fingerprint density at radius 1 is 1.11 bits per heavy atom. The van der Waals surface area contributed by atoms with Crippen LogP contribution < -0.4 is 5.32 Å². The van der Waals surface area contributed by atoms with Crippen LogP contribution in [0.4, 0.5) is 37.7 Å². The number of anilines is 1. The average Bonchev–Trinajstić information content (AvgIpc) is 3.32. The minimum atomic E-state index is -5.89. The van der Waals surface area contributed by atoms with E-state index in [0.717, 1.165) is 0 Å². The standard InChI is InChI=1S/C22H19F6N5O2/c1-4-13-8-15(21(25,20(3,23)24)22(26,27)28)7-12(2)18(13)31-19(34)14-5-6-17(16(9-14)32-35)33-11-29-10-30-33/h5-11H,4H2,1-3H3,(H,31,34). The largest absolute Gasteiger partial charge is 0.432 e. The van der Waals surface area contributed by atoms with E-state index in [1.165, 1.54) is 49.4 Å². The molecule has 0 aliphatic carbocycles. The number of carbonyl (C=O) groups is 1. The van der Waals surface area contributed by atoms with Crippen LogP contribution in [0.25, 0.3) is 5.69 Å². The zero-order chi connectivity index (χ0) is 26.2. The van der Waals surface area contributed by atoms with Gasteiger partial charge in [-0.05, 0) is 53.9 Å². The number of nitroso groups, excluding NO2 is 1. The molecule has 0 spiro atoms. The number of nitrogens with one attached hydrogen (secondary N) is 1. The van der Waals surface area contributed by atoms with E-state index in [1.54, 1.807) is 0 Å². The molecule has 1 aromatic heterocycles. The molecule has 3 rings (SSSR count). The summed E-state index contributed by atoms with van der Waals surface area (Å²) in [6, 6.07) is 5.21. The fourth-order valence-electron chi connectivity index (χ4n) is 3.63. The van der Waals surface area contributed by atoms with Gasteiger partial charge in [0.15, 0.2) is 0 Å². The maximum atomic E-state index is 14.9. The summed E-state index contributed by atoms with van der Waals surface area (Å²) in [4.78, 5) is 27.9. The molecule has 1 heterocycles. The number of benzene rings is 2. The van der Waals surface area contributed by atoms with Gasteiger partial charge in [-0.15, -0.1) is 4.91 Å². The second-order valence-electron chi connectivity index (χ2n) is 7.81. The summed E-state index contributed by atoms with van der Waals surface area (Å²) in [5.41, 5.74) is -6.13. The minimum Gasteiger partial charge on any atom is -0.321 e. The number of hydrogen-bond acceptors (Lipinski definition) is 5. The van der Waals surface area contributed by atoms with Gasteiger partial charge in [0, 0.05) is 23.7 Å². The molecule has 0 saturated heterocycles. The van der Waals surface area contributed by atoms with E-state index in [-0.39, 0.29) is 47.1 Å². The van der Waals surface area contributed by atoms with Crippen LogP contribution in [0.2, 0.25) is 0 Å². The minimum absolute atomic E-state index is 0.000103. The molecule has 0 fully saturated rings. The molecule has 0 aliphatic rings. The highest BCUT2D eigenvalue weighted by Crippen LogP contribution is 2.53. The number of aryl methyl sites for hydroxylation is 2. The number of amides is 1. The Bertz CT molecular complexity index is 1240. The fraction of sp³-hybridized carbons (Fsp3) is 0.318. The Morgan fingerprint density at radius 2 is 1.80 bits per heavy atom. The van der Waals surface area contributed by atoms with Crippen molar-refractivity contribution in [2.75, 3.05) is 5.32 Å².